The Morgan fingerprint density at radius 1 is 1.27 bits per heavy atom. The number of nitrogens with zero attached hydrogens (tertiary/aromatic N) is 3. The van der Waals surface area contributed by atoms with E-state index in [-0.39, 0.29) is 5.91 Å². The maximum atomic E-state index is 12.7. The SMILES string of the molecule is Cc1nn(CC(C)C)c2sc(C(=O)Nc3cnc4ccccc4c3)cc12. The van der Waals surface area contributed by atoms with Crippen molar-refractivity contribution in [3.05, 3.63) is 53.2 Å². The van der Waals surface area contributed by atoms with E-state index in [2.05, 4.69) is 29.2 Å². The summed E-state index contributed by atoms with van der Waals surface area (Å²) in [4.78, 5) is 18.8. The zero-order valence-corrected chi connectivity index (χ0v) is 15.8. The Morgan fingerprint density at radius 3 is 2.88 bits per heavy atom. The molecule has 0 radical (unpaired) electrons. The van der Waals surface area contributed by atoms with E-state index in [1.807, 2.05) is 48.0 Å². The number of aryl methyl sites for hydroxylation is 1. The van der Waals surface area contributed by atoms with Gasteiger partial charge in [0.1, 0.15) is 4.83 Å². The first-order valence-corrected chi connectivity index (χ1v) is 9.46. The van der Waals surface area contributed by atoms with E-state index in [1.54, 1.807) is 6.20 Å². The number of hydrogen-bond acceptors (Lipinski definition) is 4. The summed E-state index contributed by atoms with van der Waals surface area (Å²) in [5.74, 6) is 0.388. The average molecular weight is 364 g/mol. The minimum atomic E-state index is -0.112. The van der Waals surface area contributed by atoms with Crippen LogP contribution in [0.1, 0.15) is 29.2 Å². The first kappa shape index (κ1) is 16.7. The van der Waals surface area contributed by atoms with Gasteiger partial charge in [-0.15, -0.1) is 11.3 Å². The number of fused-ring (bicyclic) bond motifs is 2. The molecule has 5 nitrogen and oxygen atoms in total. The predicted octanol–water partition coefficient (Wildman–Crippen LogP) is 4.86. The molecule has 0 unspecified atom stereocenters. The number of benzene rings is 1. The van der Waals surface area contributed by atoms with Crippen molar-refractivity contribution in [3.63, 3.8) is 0 Å². The summed E-state index contributed by atoms with van der Waals surface area (Å²) < 4.78 is 2.01. The van der Waals surface area contributed by atoms with Crippen molar-refractivity contribution < 1.29 is 4.79 Å². The fourth-order valence-electron chi connectivity index (χ4n) is 3.03. The highest BCUT2D eigenvalue weighted by molar-refractivity contribution is 7.20. The molecule has 1 N–H and O–H groups in total. The highest BCUT2D eigenvalue weighted by atomic mass is 32.1. The van der Waals surface area contributed by atoms with Crippen molar-refractivity contribution in [3.8, 4) is 0 Å². The molecule has 1 aromatic carbocycles. The second-order valence-electron chi connectivity index (χ2n) is 6.86. The second-order valence-corrected chi connectivity index (χ2v) is 7.89. The largest absolute Gasteiger partial charge is 0.320 e. The lowest BCUT2D eigenvalue weighted by Crippen LogP contribution is -2.10. The van der Waals surface area contributed by atoms with Gasteiger partial charge >= 0.3 is 0 Å². The van der Waals surface area contributed by atoms with Gasteiger partial charge in [0.15, 0.2) is 0 Å². The van der Waals surface area contributed by atoms with E-state index in [0.29, 0.717) is 16.5 Å². The summed E-state index contributed by atoms with van der Waals surface area (Å²) in [6, 6.07) is 11.7. The van der Waals surface area contributed by atoms with Gasteiger partial charge in [0.05, 0.1) is 28.0 Å². The Hall–Kier alpha value is -2.73. The third kappa shape index (κ3) is 3.08. The number of rotatable bonds is 4. The van der Waals surface area contributed by atoms with Gasteiger partial charge in [-0.3, -0.25) is 14.5 Å². The van der Waals surface area contributed by atoms with Crippen LogP contribution in [0.15, 0.2) is 42.6 Å². The normalized spacial score (nSPS) is 11.5. The fourth-order valence-corrected chi connectivity index (χ4v) is 4.09. The summed E-state index contributed by atoms with van der Waals surface area (Å²) in [5, 5.41) is 9.61. The van der Waals surface area contributed by atoms with Crippen molar-refractivity contribution in [1.29, 1.82) is 0 Å². The summed E-state index contributed by atoms with van der Waals surface area (Å²) in [6.07, 6.45) is 1.69. The van der Waals surface area contributed by atoms with Crippen molar-refractivity contribution in [2.24, 2.45) is 5.92 Å². The zero-order valence-electron chi connectivity index (χ0n) is 15.0. The average Bonchev–Trinajstić information content (AvgIpc) is 3.16. The lowest BCUT2D eigenvalue weighted by molar-refractivity contribution is 0.103. The third-order valence-electron chi connectivity index (χ3n) is 4.22. The van der Waals surface area contributed by atoms with Gasteiger partial charge in [0.25, 0.3) is 5.91 Å². The number of nitrogens with one attached hydrogen (secondary N) is 1. The minimum absolute atomic E-state index is 0.112. The van der Waals surface area contributed by atoms with Gasteiger partial charge in [0, 0.05) is 17.3 Å². The molecule has 6 heteroatoms. The molecule has 26 heavy (non-hydrogen) atoms. The molecule has 0 atom stereocenters. The Morgan fingerprint density at radius 2 is 2.08 bits per heavy atom. The molecular formula is C20H20N4OS. The summed E-state index contributed by atoms with van der Waals surface area (Å²) >= 11 is 1.49. The smallest absolute Gasteiger partial charge is 0.265 e. The topological polar surface area (TPSA) is 59.8 Å². The molecule has 0 aliphatic carbocycles. The molecule has 0 saturated heterocycles. The summed E-state index contributed by atoms with van der Waals surface area (Å²) in [7, 11) is 0. The van der Waals surface area contributed by atoms with E-state index in [0.717, 1.165) is 33.4 Å². The van der Waals surface area contributed by atoms with Crippen LogP contribution >= 0.6 is 11.3 Å². The first-order valence-electron chi connectivity index (χ1n) is 8.64. The van der Waals surface area contributed by atoms with Crippen LogP contribution in [0.3, 0.4) is 0 Å². The highest BCUT2D eigenvalue weighted by Crippen LogP contribution is 2.29. The maximum Gasteiger partial charge on any atom is 0.265 e. The number of carbonyl (C=O) groups excluding carboxylic acids is 1. The van der Waals surface area contributed by atoms with Crippen molar-refractivity contribution in [2.45, 2.75) is 27.3 Å². The molecule has 0 spiro atoms. The minimum Gasteiger partial charge on any atom is -0.320 e. The quantitative estimate of drug-likeness (QED) is 0.562. The zero-order chi connectivity index (χ0) is 18.3. The molecule has 3 heterocycles. The van der Waals surface area contributed by atoms with Crippen LogP contribution in [0.2, 0.25) is 0 Å². The number of carbonyl (C=O) groups is 1. The lowest BCUT2D eigenvalue weighted by atomic mass is 10.2. The molecule has 0 fully saturated rings. The third-order valence-corrected chi connectivity index (χ3v) is 5.36. The predicted molar refractivity (Wildman–Crippen MR) is 107 cm³/mol. The monoisotopic (exact) mass is 364 g/mol. The van der Waals surface area contributed by atoms with Gasteiger partial charge in [-0.05, 0) is 31.0 Å². The van der Waals surface area contributed by atoms with Crippen LogP contribution < -0.4 is 5.32 Å². The van der Waals surface area contributed by atoms with E-state index in [1.165, 1.54) is 11.3 Å². The van der Waals surface area contributed by atoms with Gasteiger partial charge in [-0.25, -0.2) is 0 Å². The van der Waals surface area contributed by atoms with Crippen LogP contribution in [0.4, 0.5) is 5.69 Å². The van der Waals surface area contributed by atoms with E-state index < -0.39 is 0 Å². The molecule has 4 rings (SSSR count). The summed E-state index contributed by atoms with van der Waals surface area (Å²) in [5.41, 5.74) is 2.58. The number of amides is 1. The molecule has 132 valence electrons. The van der Waals surface area contributed by atoms with Crippen molar-refractivity contribution in [2.75, 3.05) is 5.32 Å². The van der Waals surface area contributed by atoms with Crippen LogP contribution in [0.25, 0.3) is 21.1 Å². The second kappa shape index (κ2) is 6.53. The first-order chi connectivity index (χ1) is 12.5. The van der Waals surface area contributed by atoms with Crippen molar-refractivity contribution in [1.82, 2.24) is 14.8 Å². The van der Waals surface area contributed by atoms with Gasteiger partial charge in [-0.1, -0.05) is 32.0 Å². The summed E-state index contributed by atoms with van der Waals surface area (Å²) in [6.45, 7) is 7.16. The maximum absolute atomic E-state index is 12.7. The molecule has 0 saturated carbocycles. The van der Waals surface area contributed by atoms with Crippen molar-refractivity contribution >= 4 is 44.1 Å². The Balaban J connectivity index is 1.62. The van der Waals surface area contributed by atoms with Crippen LogP contribution in [-0.4, -0.2) is 20.7 Å². The van der Waals surface area contributed by atoms with Gasteiger partial charge in [-0.2, -0.15) is 5.10 Å². The number of thiophene rings is 1. The molecule has 1 amide bonds. The Labute approximate surface area is 155 Å². The standard InChI is InChI=1S/C20H20N4OS/c1-12(2)11-24-20-16(13(3)23-24)9-18(26-20)19(25)22-15-8-14-6-4-5-7-17(14)21-10-15/h4-10,12H,11H2,1-3H3,(H,22,25). The van der Waals surface area contributed by atoms with Crippen LogP contribution in [0.5, 0.6) is 0 Å². The number of pyridine rings is 1. The van der Waals surface area contributed by atoms with Gasteiger partial charge in [0.2, 0.25) is 0 Å². The Kier molecular flexibility index (Phi) is 4.20. The van der Waals surface area contributed by atoms with E-state index in [4.69, 9.17) is 0 Å². The molecule has 0 bridgehead atoms. The molecular weight excluding hydrogens is 344 g/mol. The van der Waals surface area contributed by atoms with E-state index >= 15 is 0 Å². The Bertz CT molecular complexity index is 1110. The molecule has 3 aromatic heterocycles. The van der Waals surface area contributed by atoms with Crippen LogP contribution in [0, 0.1) is 12.8 Å². The molecule has 4 aromatic rings. The molecule has 0 aliphatic rings. The number of aromatic nitrogens is 3. The van der Waals surface area contributed by atoms with E-state index in [9.17, 15) is 4.79 Å². The number of para-hydroxylation sites is 1. The number of hydrogen-bond donors (Lipinski definition) is 1. The lowest BCUT2D eigenvalue weighted by Gasteiger charge is -2.06. The highest BCUT2D eigenvalue weighted by Gasteiger charge is 2.17. The van der Waals surface area contributed by atoms with Crippen LogP contribution in [-0.2, 0) is 6.54 Å². The fraction of sp³-hybridized carbons (Fsp3) is 0.250. The van der Waals surface area contributed by atoms with Gasteiger partial charge < -0.3 is 5.32 Å². The number of anilines is 1. The molecule has 0 aliphatic heterocycles.